The second kappa shape index (κ2) is 6.22. The first-order chi connectivity index (χ1) is 11.1. The number of methoxy groups -OCH3 is 1. The van der Waals surface area contributed by atoms with Gasteiger partial charge in [0, 0.05) is 18.4 Å². The number of aryl methyl sites for hydroxylation is 2. The van der Waals surface area contributed by atoms with Crippen LogP contribution in [0.3, 0.4) is 0 Å². The minimum absolute atomic E-state index is 0.0353. The first-order valence-electron chi connectivity index (χ1n) is 7.43. The van der Waals surface area contributed by atoms with Gasteiger partial charge in [0.2, 0.25) is 5.91 Å². The van der Waals surface area contributed by atoms with Crippen LogP contribution in [-0.4, -0.2) is 29.6 Å². The summed E-state index contributed by atoms with van der Waals surface area (Å²) in [5, 5.41) is 2.86. The van der Waals surface area contributed by atoms with Gasteiger partial charge in [-0.25, -0.2) is 4.98 Å². The van der Waals surface area contributed by atoms with E-state index in [1.807, 2.05) is 37.3 Å². The number of carbonyl (C=O) groups is 1. The standard InChI is InChI=1S/C18H19N3O2/c1-11-4-7-14-16(8-11)21-18(20-14)13-6-5-12(2)15(9-13)19-17(22)10-23-3/h4-9H,10H2,1-3H3,(H,19,22)(H,20,21). The second-order valence-corrected chi connectivity index (χ2v) is 5.62. The molecule has 2 N–H and O–H groups in total. The van der Waals surface area contributed by atoms with Crippen molar-refractivity contribution in [3.63, 3.8) is 0 Å². The molecule has 0 aliphatic heterocycles. The highest BCUT2D eigenvalue weighted by Crippen LogP contribution is 2.26. The number of nitrogens with one attached hydrogen (secondary N) is 2. The van der Waals surface area contributed by atoms with Crippen molar-refractivity contribution in [3.05, 3.63) is 47.5 Å². The molecule has 1 aromatic heterocycles. The van der Waals surface area contributed by atoms with Crippen LogP contribution < -0.4 is 5.32 Å². The van der Waals surface area contributed by atoms with Gasteiger partial charge in [0.1, 0.15) is 12.4 Å². The minimum atomic E-state index is -0.173. The summed E-state index contributed by atoms with van der Waals surface area (Å²) in [7, 11) is 1.50. The van der Waals surface area contributed by atoms with E-state index in [-0.39, 0.29) is 12.5 Å². The number of aromatic nitrogens is 2. The second-order valence-electron chi connectivity index (χ2n) is 5.62. The molecule has 0 aliphatic carbocycles. The molecular formula is C18H19N3O2. The number of imidazole rings is 1. The fourth-order valence-electron chi connectivity index (χ4n) is 2.48. The Morgan fingerprint density at radius 3 is 2.83 bits per heavy atom. The van der Waals surface area contributed by atoms with E-state index in [9.17, 15) is 4.79 Å². The zero-order valence-electron chi connectivity index (χ0n) is 13.4. The molecule has 1 heterocycles. The maximum atomic E-state index is 11.7. The number of ether oxygens (including phenoxy) is 1. The van der Waals surface area contributed by atoms with Gasteiger partial charge in [-0.1, -0.05) is 18.2 Å². The van der Waals surface area contributed by atoms with E-state index in [4.69, 9.17) is 4.74 Å². The Kier molecular flexibility index (Phi) is 4.12. The van der Waals surface area contributed by atoms with E-state index in [1.54, 1.807) is 0 Å². The lowest BCUT2D eigenvalue weighted by Crippen LogP contribution is -2.17. The lowest BCUT2D eigenvalue weighted by Gasteiger charge is -2.09. The SMILES string of the molecule is COCC(=O)Nc1cc(-c2nc3ccc(C)cc3[nH]2)ccc1C. The highest BCUT2D eigenvalue weighted by molar-refractivity contribution is 5.93. The summed E-state index contributed by atoms with van der Waals surface area (Å²) >= 11 is 0. The Morgan fingerprint density at radius 1 is 1.22 bits per heavy atom. The van der Waals surface area contributed by atoms with E-state index in [0.29, 0.717) is 0 Å². The number of carbonyl (C=O) groups excluding carboxylic acids is 1. The molecule has 3 rings (SSSR count). The first kappa shape index (κ1) is 15.2. The zero-order valence-corrected chi connectivity index (χ0v) is 13.4. The number of hydrogen-bond donors (Lipinski definition) is 2. The van der Waals surface area contributed by atoms with Gasteiger partial charge in [-0.3, -0.25) is 4.79 Å². The predicted octanol–water partition coefficient (Wildman–Crippen LogP) is 3.43. The highest BCUT2D eigenvalue weighted by atomic mass is 16.5. The summed E-state index contributed by atoms with van der Waals surface area (Å²) in [5.41, 5.74) is 5.80. The maximum absolute atomic E-state index is 11.7. The first-order valence-corrected chi connectivity index (χ1v) is 7.43. The molecule has 5 heteroatoms. The molecule has 0 spiro atoms. The number of H-pyrrole nitrogens is 1. The molecule has 0 atom stereocenters. The van der Waals surface area contributed by atoms with Gasteiger partial charge in [-0.05, 0) is 43.2 Å². The van der Waals surface area contributed by atoms with Crippen LogP contribution in [0.15, 0.2) is 36.4 Å². The topological polar surface area (TPSA) is 67.0 Å². The molecule has 23 heavy (non-hydrogen) atoms. The summed E-state index contributed by atoms with van der Waals surface area (Å²) in [6.07, 6.45) is 0. The van der Waals surface area contributed by atoms with Crippen molar-refractivity contribution >= 4 is 22.6 Å². The van der Waals surface area contributed by atoms with E-state index in [0.717, 1.165) is 33.7 Å². The van der Waals surface area contributed by atoms with Crippen molar-refractivity contribution in [1.82, 2.24) is 9.97 Å². The number of fused-ring (bicyclic) bond motifs is 1. The number of amides is 1. The van der Waals surface area contributed by atoms with Crippen molar-refractivity contribution in [3.8, 4) is 11.4 Å². The van der Waals surface area contributed by atoms with E-state index in [1.165, 1.54) is 12.7 Å². The van der Waals surface area contributed by atoms with Crippen LogP contribution in [0.5, 0.6) is 0 Å². The number of nitrogens with zero attached hydrogens (tertiary/aromatic N) is 1. The van der Waals surface area contributed by atoms with Gasteiger partial charge < -0.3 is 15.0 Å². The molecule has 0 saturated carbocycles. The van der Waals surface area contributed by atoms with Crippen LogP contribution in [0.4, 0.5) is 5.69 Å². The van der Waals surface area contributed by atoms with Crippen LogP contribution >= 0.6 is 0 Å². The number of rotatable bonds is 4. The summed E-state index contributed by atoms with van der Waals surface area (Å²) in [4.78, 5) is 19.7. The number of hydrogen-bond acceptors (Lipinski definition) is 3. The van der Waals surface area contributed by atoms with Gasteiger partial charge in [0.05, 0.1) is 11.0 Å². The summed E-state index contributed by atoms with van der Waals surface area (Å²) < 4.78 is 4.85. The van der Waals surface area contributed by atoms with Gasteiger partial charge in [-0.15, -0.1) is 0 Å². The summed E-state index contributed by atoms with van der Waals surface area (Å²) in [6.45, 7) is 4.04. The summed E-state index contributed by atoms with van der Waals surface area (Å²) in [5.74, 6) is 0.612. The highest BCUT2D eigenvalue weighted by Gasteiger charge is 2.09. The van der Waals surface area contributed by atoms with Gasteiger partial charge in [0.15, 0.2) is 0 Å². The monoisotopic (exact) mass is 309 g/mol. The fourth-order valence-corrected chi connectivity index (χ4v) is 2.48. The molecule has 0 radical (unpaired) electrons. The summed E-state index contributed by atoms with van der Waals surface area (Å²) in [6, 6.07) is 12.0. The Labute approximate surface area is 134 Å². The van der Waals surface area contributed by atoms with Gasteiger partial charge in [-0.2, -0.15) is 0 Å². The Balaban J connectivity index is 1.96. The van der Waals surface area contributed by atoms with Crippen LogP contribution in [0, 0.1) is 13.8 Å². The van der Waals surface area contributed by atoms with E-state index in [2.05, 4.69) is 28.3 Å². The van der Waals surface area contributed by atoms with Crippen LogP contribution in [-0.2, 0) is 9.53 Å². The predicted molar refractivity (Wildman–Crippen MR) is 91.5 cm³/mol. The number of anilines is 1. The average molecular weight is 309 g/mol. The lowest BCUT2D eigenvalue weighted by molar-refractivity contribution is -0.119. The molecule has 118 valence electrons. The van der Waals surface area contributed by atoms with Crippen molar-refractivity contribution in [2.24, 2.45) is 0 Å². The zero-order chi connectivity index (χ0) is 16.4. The lowest BCUT2D eigenvalue weighted by atomic mass is 10.1. The third kappa shape index (κ3) is 3.24. The molecule has 0 aliphatic rings. The number of benzene rings is 2. The molecule has 0 saturated heterocycles. The maximum Gasteiger partial charge on any atom is 0.250 e. The molecular weight excluding hydrogens is 290 g/mol. The van der Waals surface area contributed by atoms with Crippen molar-refractivity contribution in [1.29, 1.82) is 0 Å². The molecule has 2 aromatic carbocycles. The van der Waals surface area contributed by atoms with Gasteiger partial charge in [0.25, 0.3) is 0 Å². The molecule has 5 nitrogen and oxygen atoms in total. The molecule has 0 bridgehead atoms. The number of aromatic amines is 1. The third-order valence-electron chi connectivity index (χ3n) is 3.70. The van der Waals surface area contributed by atoms with Crippen LogP contribution in [0.1, 0.15) is 11.1 Å². The Hall–Kier alpha value is -2.66. The molecule has 0 unspecified atom stereocenters. The average Bonchev–Trinajstić information content (AvgIpc) is 2.92. The molecule has 0 fully saturated rings. The van der Waals surface area contributed by atoms with Crippen molar-refractivity contribution in [2.75, 3.05) is 19.0 Å². The Bertz CT molecular complexity index is 868. The third-order valence-corrected chi connectivity index (χ3v) is 3.70. The molecule has 3 aromatic rings. The van der Waals surface area contributed by atoms with Crippen LogP contribution in [0.2, 0.25) is 0 Å². The van der Waals surface area contributed by atoms with Crippen molar-refractivity contribution < 1.29 is 9.53 Å². The minimum Gasteiger partial charge on any atom is -0.375 e. The van der Waals surface area contributed by atoms with Crippen molar-refractivity contribution in [2.45, 2.75) is 13.8 Å². The largest absolute Gasteiger partial charge is 0.375 e. The van der Waals surface area contributed by atoms with E-state index < -0.39 is 0 Å². The normalized spacial score (nSPS) is 10.9. The van der Waals surface area contributed by atoms with E-state index >= 15 is 0 Å². The quantitative estimate of drug-likeness (QED) is 0.776. The fraction of sp³-hybridized carbons (Fsp3) is 0.222. The molecule has 1 amide bonds. The Morgan fingerprint density at radius 2 is 2.04 bits per heavy atom. The van der Waals surface area contributed by atoms with Gasteiger partial charge >= 0.3 is 0 Å². The van der Waals surface area contributed by atoms with Crippen LogP contribution in [0.25, 0.3) is 22.4 Å². The smallest absolute Gasteiger partial charge is 0.250 e.